The van der Waals surface area contributed by atoms with Crippen molar-refractivity contribution < 1.29 is 0 Å². The number of nitrogens with zero attached hydrogens (tertiary/aromatic N) is 2. The summed E-state index contributed by atoms with van der Waals surface area (Å²) in [5.74, 6) is 1.02. The van der Waals surface area contributed by atoms with Crippen LogP contribution in [0.3, 0.4) is 0 Å². The summed E-state index contributed by atoms with van der Waals surface area (Å²) >= 11 is 0. The lowest BCUT2D eigenvalue weighted by Crippen LogP contribution is -2.11. The molecule has 0 aromatic carbocycles. The van der Waals surface area contributed by atoms with Gasteiger partial charge < -0.3 is 10.6 Å². The fourth-order valence-electron chi connectivity index (χ4n) is 1.70. The largest absolute Gasteiger partial charge is 0.369 e. The van der Waals surface area contributed by atoms with Crippen LogP contribution in [0.5, 0.6) is 0 Å². The fourth-order valence-corrected chi connectivity index (χ4v) is 1.70. The van der Waals surface area contributed by atoms with Crippen molar-refractivity contribution in [3.8, 4) is 0 Å². The van der Waals surface area contributed by atoms with Gasteiger partial charge in [-0.1, -0.05) is 6.92 Å². The Balaban J connectivity index is 2.06. The summed E-state index contributed by atoms with van der Waals surface area (Å²) in [5.41, 5.74) is 1.29. The number of aryl methyl sites for hydroxylation is 1. The van der Waals surface area contributed by atoms with E-state index in [0.29, 0.717) is 0 Å². The molecular weight excluding hydrogens is 176 g/mol. The van der Waals surface area contributed by atoms with E-state index in [0.717, 1.165) is 38.4 Å². The second kappa shape index (κ2) is 4.46. The lowest BCUT2D eigenvalue weighted by atomic mass is 10.4. The average Bonchev–Trinajstić information content (AvgIpc) is 2.46. The third-order valence-electron chi connectivity index (χ3n) is 2.45. The van der Waals surface area contributed by atoms with Crippen molar-refractivity contribution in [2.45, 2.75) is 32.9 Å². The molecular formula is C10H18N4. The van der Waals surface area contributed by atoms with Gasteiger partial charge in [0.1, 0.15) is 5.82 Å². The Morgan fingerprint density at radius 2 is 2.57 bits per heavy atom. The second-order valence-electron chi connectivity index (χ2n) is 3.70. The molecule has 0 amide bonds. The Kier molecular flexibility index (Phi) is 3.03. The van der Waals surface area contributed by atoms with Gasteiger partial charge in [0.2, 0.25) is 0 Å². The maximum atomic E-state index is 4.51. The van der Waals surface area contributed by atoms with Gasteiger partial charge in [0.15, 0.2) is 0 Å². The van der Waals surface area contributed by atoms with E-state index in [4.69, 9.17) is 0 Å². The molecule has 78 valence electrons. The summed E-state index contributed by atoms with van der Waals surface area (Å²) in [5, 5.41) is 11.2. The topological polar surface area (TPSA) is 41.9 Å². The second-order valence-corrected chi connectivity index (χ2v) is 3.70. The third-order valence-corrected chi connectivity index (χ3v) is 2.45. The molecule has 1 aromatic rings. The number of nitrogens with one attached hydrogen (secondary N) is 2. The van der Waals surface area contributed by atoms with E-state index in [2.05, 4.69) is 33.4 Å². The lowest BCUT2D eigenvalue weighted by molar-refractivity contribution is 0.588. The Bertz CT molecular complexity index is 269. The molecule has 2 N–H and O–H groups in total. The highest BCUT2D eigenvalue weighted by Crippen LogP contribution is 2.11. The van der Waals surface area contributed by atoms with Crippen molar-refractivity contribution in [2.75, 3.05) is 18.4 Å². The number of fused-ring (bicyclic) bond motifs is 1. The normalized spacial score (nSPS) is 16.1. The maximum absolute atomic E-state index is 4.51. The van der Waals surface area contributed by atoms with Crippen LogP contribution < -0.4 is 10.6 Å². The smallest absolute Gasteiger partial charge is 0.148 e. The third kappa shape index (κ3) is 2.07. The van der Waals surface area contributed by atoms with Gasteiger partial charge in [0.25, 0.3) is 0 Å². The molecule has 0 spiro atoms. The Labute approximate surface area is 84.7 Å². The molecule has 1 aromatic heterocycles. The van der Waals surface area contributed by atoms with Gasteiger partial charge >= 0.3 is 0 Å². The van der Waals surface area contributed by atoms with E-state index in [1.165, 1.54) is 12.1 Å². The van der Waals surface area contributed by atoms with Crippen LogP contribution >= 0.6 is 0 Å². The monoisotopic (exact) mass is 194 g/mol. The molecule has 0 saturated heterocycles. The number of hydrogen-bond donors (Lipinski definition) is 2. The fraction of sp³-hybridized carbons (Fsp3) is 0.700. The molecule has 1 aliphatic rings. The van der Waals surface area contributed by atoms with Crippen LogP contribution in [-0.2, 0) is 13.1 Å². The minimum absolute atomic E-state index is 0.945. The standard InChI is InChI=1S/C10H18N4/c1-2-4-12-10-7-9-8-11-5-3-6-14(9)13-10/h7,11H,2-6,8H2,1H3,(H,12,13). The molecule has 0 unspecified atom stereocenters. The van der Waals surface area contributed by atoms with Gasteiger partial charge in [-0.2, -0.15) is 5.10 Å². The number of anilines is 1. The van der Waals surface area contributed by atoms with Gasteiger partial charge in [-0.25, -0.2) is 0 Å². The van der Waals surface area contributed by atoms with E-state index in [9.17, 15) is 0 Å². The summed E-state index contributed by atoms with van der Waals surface area (Å²) in [6.45, 7) is 6.25. The van der Waals surface area contributed by atoms with Crippen LogP contribution in [0.25, 0.3) is 0 Å². The first kappa shape index (κ1) is 9.52. The lowest BCUT2D eigenvalue weighted by Gasteiger charge is -2.00. The summed E-state index contributed by atoms with van der Waals surface area (Å²) in [6.07, 6.45) is 2.31. The van der Waals surface area contributed by atoms with Crippen molar-refractivity contribution in [3.63, 3.8) is 0 Å². The molecule has 2 heterocycles. The minimum atomic E-state index is 0.945. The van der Waals surface area contributed by atoms with Crippen molar-refractivity contribution in [1.29, 1.82) is 0 Å². The summed E-state index contributed by atoms with van der Waals surface area (Å²) < 4.78 is 2.11. The van der Waals surface area contributed by atoms with Gasteiger partial charge in [0.05, 0.1) is 5.69 Å². The number of rotatable bonds is 3. The molecule has 0 radical (unpaired) electrons. The van der Waals surface area contributed by atoms with E-state index >= 15 is 0 Å². The highest BCUT2D eigenvalue weighted by atomic mass is 15.3. The first-order chi connectivity index (χ1) is 6.90. The van der Waals surface area contributed by atoms with Crippen molar-refractivity contribution >= 4 is 5.82 Å². The van der Waals surface area contributed by atoms with Crippen LogP contribution in [0.4, 0.5) is 5.82 Å². The van der Waals surface area contributed by atoms with Crippen molar-refractivity contribution in [1.82, 2.24) is 15.1 Å². The van der Waals surface area contributed by atoms with Gasteiger partial charge in [-0.3, -0.25) is 4.68 Å². The molecule has 4 heteroatoms. The van der Waals surface area contributed by atoms with Crippen LogP contribution in [-0.4, -0.2) is 22.9 Å². The molecule has 0 aliphatic carbocycles. The Hall–Kier alpha value is -1.03. The minimum Gasteiger partial charge on any atom is -0.369 e. The molecule has 0 saturated carbocycles. The van der Waals surface area contributed by atoms with Gasteiger partial charge in [-0.15, -0.1) is 0 Å². The van der Waals surface area contributed by atoms with Crippen LogP contribution in [0.1, 0.15) is 25.5 Å². The summed E-state index contributed by atoms with van der Waals surface area (Å²) in [7, 11) is 0. The average molecular weight is 194 g/mol. The van der Waals surface area contributed by atoms with Crippen LogP contribution in [0.2, 0.25) is 0 Å². The number of hydrogen-bond acceptors (Lipinski definition) is 3. The quantitative estimate of drug-likeness (QED) is 0.759. The first-order valence-electron chi connectivity index (χ1n) is 5.41. The summed E-state index contributed by atoms with van der Waals surface area (Å²) in [4.78, 5) is 0. The Morgan fingerprint density at radius 3 is 3.43 bits per heavy atom. The molecule has 14 heavy (non-hydrogen) atoms. The molecule has 4 nitrogen and oxygen atoms in total. The SMILES string of the molecule is CCCNc1cc2n(n1)CCCNC2. The predicted octanol–water partition coefficient (Wildman–Crippen LogP) is 1.20. The zero-order valence-electron chi connectivity index (χ0n) is 8.71. The van der Waals surface area contributed by atoms with Gasteiger partial charge in [-0.05, 0) is 19.4 Å². The predicted molar refractivity (Wildman–Crippen MR) is 57.3 cm³/mol. The van der Waals surface area contributed by atoms with E-state index in [1.54, 1.807) is 0 Å². The first-order valence-corrected chi connectivity index (χ1v) is 5.41. The number of aromatic nitrogens is 2. The van der Waals surface area contributed by atoms with Gasteiger partial charge in [0, 0.05) is 25.7 Å². The van der Waals surface area contributed by atoms with Crippen LogP contribution in [0.15, 0.2) is 6.07 Å². The van der Waals surface area contributed by atoms with E-state index in [-0.39, 0.29) is 0 Å². The van der Waals surface area contributed by atoms with Crippen molar-refractivity contribution in [2.24, 2.45) is 0 Å². The highest BCUT2D eigenvalue weighted by Gasteiger charge is 2.09. The zero-order chi connectivity index (χ0) is 9.80. The molecule has 0 fully saturated rings. The van der Waals surface area contributed by atoms with Crippen molar-refractivity contribution in [3.05, 3.63) is 11.8 Å². The summed E-state index contributed by atoms with van der Waals surface area (Å²) in [6, 6.07) is 2.15. The van der Waals surface area contributed by atoms with E-state index in [1.807, 2.05) is 0 Å². The van der Waals surface area contributed by atoms with E-state index < -0.39 is 0 Å². The highest BCUT2D eigenvalue weighted by molar-refractivity contribution is 5.36. The van der Waals surface area contributed by atoms with Crippen LogP contribution in [0, 0.1) is 0 Å². The zero-order valence-corrected chi connectivity index (χ0v) is 8.71. The molecule has 1 aliphatic heterocycles. The molecule has 2 rings (SSSR count). The maximum Gasteiger partial charge on any atom is 0.148 e. The molecule has 0 atom stereocenters. The molecule has 0 bridgehead atoms. The Morgan fingerprint density at radius 1 is 1.64 bits per heavy atom.